The highest BCUT2D eigenvalue weighted by Gasteiger charge is 2.08. The van der Waals surface area contributed by atoms with Crippen LogP contribution in [0.1, 0.15) is 29.3 Å². The largest absolute Gasteiger partial charge is 0.493 e. The molecule has 2 amide bonds. The average Bonchev–Trinajstić information content (AvgIpc) is 2.72. The van der Waals surface area contributed by atoms with Crippen molar-refractivity contribution >= 4 is 17.5 Å². The van der Waals surface area contributed by atoms with E-state index in [4.69, 9.17) is 9.47 Å². The summed E-state index contributed by atoms with van der Waals surface area (Å²) < 4.78 is 10.5. The first-order valence-electron chi connectivity index (χ1n) is 8.74. The van der Waals surface area contributed by atoms with Gasteiger partial charge in [-0.15, -0.1) is 0 Å². The highest BCUT2D eigenvalue weighted by molar-refractivity contribution is 6.01. The Bertz CT molecular complexity index is 837. The number of aromatic nitrogens is 1. The molecule has 0 fully saturated rings. The molecule has 2 N–H and O–H groups in total. The van der Waals surface area contributed by atoms with E-state index in [1.54, 1.807) is 39.5 Å². The smallest absolute Gasteiger partial charge is 0.272 e. The van der Waals surface area contributed by atoms with E-state index >= 15 is 0 Å². The van der Waals surface area contributed by atoms with Gasteiger partial charge >= 0.3 is 0 Å². The van der Waals surface area contributed by atoms with E-state index in [0.29, 0.717) is 35.7 Å². The van der Waals surface area contributed by atoms with Crippen LogP contribution in [0.25, 0.3) is 0 Å². The Morgan fingerprint density at radius 1 is 1.14 bits per heavy atom. The van der Waals surface area contributed by atoms with Crippen LogP contribution in [0.2, 0.25) is 0 Å². The number of hydrogen-bond donors (Lipinski definition) is 2. The Labute approximate surface area is 164 Å². The number of nitrogens with zero attached hydrogens (tertiary/aromatic N) is 2. The molecule has 1 aromatic carbocycles. The summed E-state index contributed by atoms with van der Waals surface area (Å²) in [4.78, 5) is 27.8. The lowest BCUT2D eigenvalue weighted by Crippen LogP contribution is -2.28. The van der Waals surface area contributed by atoms with E-state index in [2.05, 4.69) is 20.8 Å². The summed E-state index contributed by atoms with van der Waals surface area (Å²) >= 11 is 0. The summed E-state index contributed by atoms with van der Waals surface area (Å²) in [6, 6.07) is 8.93. The zero-order chi connectivity index (χ0) is 20.4. The van der Waals surface area contributed by atoms with Gasteiger partial charge in [0.1, 0.15) is 0 Å². The Balaban J connectivity index is 1.76. The Kier molecular flexibility index (Phi) is 7.95. The predicted molar refractivity (Wildman–Crippen MR) is 106 cm³/mol. The van der Waals surface area contributed by atoms with Crippen LogP contribution < -0.4 is 20.2 Å². The molecule has 2 aromatic rings. The van der Waals surface area contributed by atoms with Crippen molar-refractivity contribution in [3.63, 3.8) is 0 Å². The predicted octanol–water partition coefficient (Wildman–Crippen LogP) is 1.95. The minimum absolute atomic E-state index is 0.0965. The summed E-state index contributed by atoms with van der Waals surface area (Å²) in [5.74, 6) is 0.771. The summed E-state index contributed by atoms with van der Waals surface area (Å²) in [5, 5.41) is 6.78. The lowest BCUT2D eigenvalue weighted by atomic mass is 10.1. The molecule has 148 valence electrons. The average molecular weight is 384 g/mol. The number of pyridine rings is 1. The van der Waals surface area contributed by atoms with Crippen molar-refractivity contribution in [1.29, 1.82) is 0 Å². The number of hydrazone groups is 1. The van der Waals surface area contributed by atoms with Crippen LogP contribution in [0.5, 0.6) is 11.5 Å². The van der Waals surface area contributed by atoms with E-state index in [0.717, 1.165) is 5.56 Å². The Morgan fingerprint density at radius 2 is 1.93 bits per heavy atom. The lowest BCUT2D eigenvalue weighted by Gasteiger charge is -2.10. The van der Waals surface area contributed by atoms with Gasteiger partial charge < -0.3 is 14.8 Å². The fraction of sp³-hybridized carbons (Fsp3) is 0.300. The first kappa shape index (κ1) is 20.9. The zero-order valence-corrected chi connectivity index (χ0v) is 16.2. The molecule has 0 radical (unpaired) electrons. The molecule has 8 heteroatoms. The lowest BCUT2D eigenvalue weighted by molar-refractivity contribution is -0.119. The van der Waals surface area contributed by atoms with Crippen LogP contribution >= 0.6 is 0 Å². The number of carbonyl (C=O) groups excluding carboxylic acids is 2. The summed E-state index contributed by atoms with van der Waals surface area (Å²) in [6.45, 7) is 2.15. The molecule has 1 heterocycles. The summed E-state index contributed by atoms with van der Waals surface area (Å²) in [6.07, 6.45) is 3.78. The molecular formula is C20H24N4O4. The molecule has 0 bridgehead atoms. The number of ether oxygens (including phenoxy) is 2. The summed E-state index contributed by atoms with van der Waals surface area (Å²) in [7, 11) is 3.17. The van der Waals surface area contributed by atoms with Crippen LogP contribution in [0.3, 0.4) is 0 Å². The molecule has 0 saturated heterocycles. The third-order valence-corrected chi connectivity index (χ3v) is 3.87. The number of carbonyl (C=O) groups is 2. The van der Waals surface area contributed by atoms with Crippen LogP contribution in [0.15, 0.2) is 47.8 Å². The van der Waals surface area contributed by atoms with Crippen LogP contribution in [-0.4, -0.2) is 43.3 Å². The van der Waals surface area contributed by atoms with E-state index in [9.17, 15) is 9.59 Å². The van der Waals surface area contributed by atoms with Crippen molar-refractivity contribution in [3.8, 4) is 11.5 Å². The number of nitrogens with one attached hydrogen (secondary N) is 2. The van der Waals surface area contributed by atoms with Gasteiger partial charge in [0.05, 0.1) is 26.2 Å². The van der Waals surface area contributed by atoms with Gasteiger partial charge in [-0.25, -0.2) is 5.43 Å². The summed E-state index contributed by atoms with van der Waals surface area (Å²) in [5.41, 5.74) is 4.34. The third-order valence-electron chi connectivity index (χ3n) is 3.87. The number of benzene rings is 1. The number of amides is 2. The van der Waals surface area contributed by atoms with Crippen molar-refractivity contribution in [2.24, 2.45) is 5.10 Å². The first-order valence-corrected chi connectivity index (χ1v) is 8.74. The molecule has 0 atom stereocenters. The SMILES string of the molecule is COc1ccc(CCNC(=O)C/C(C)=N/NC(=O)c2cccnc2)cc1OC. The van der Waals surface area contributed by atoms with Gasteiger partial charge in [0.2, 0.25) is 5.91 Å². The molecule has 0 aliphatic rings. The normalized spacial score (nSPS) is 10.9. The first-order chi connectivity index (χ1) is 13.5. The van der Waals surface area contributed by atoms with E-state index in [-0.39, 0.29) is 18.2 Å². The molecule has 0 saturated carbocycles. The van der Waals surface area contributed by atoms with Crippen molar-refractivity contribution in [1.82, 2.24) is 15.7 Å². The highest BCUT2D eigenvalue weighted by atomic mass is 16.5. The molecular weight excluding hydrogens is 360 g/mol. The van der Waals surface area contributed by atoms with E-state index in [1.807, 2.05) is 18.2 Å². The quantitative estimate of drug-likeness (QED) is 0.508. The van der Waals surface area contributed by atoms with Gasteiger partial charge in [0, 0.05) is 24.7 Å². The fourth-order valence-electron chi connectivity index (χ4n) is 2.42. The molecule has 1 aromatic heterocycles. The molecule has 0 spiro atoms. The third kappa shape index (κ3) is 6.39. The van der Waals surface area contributed by atoms with Crippen LogP contribution in [0.4, 0.5) is 0 Å². The van der Waals surface area contributed by atoms with Crippen molar-refractivity contribution < 1.29 is 19.1 Å². The maximum Gasteiger partial charge on any atom is 0.272 e. The van der Waals surface area contributed by atoms with Crippen molar-refractivity contribution in [2.75, 3.05) is 20.8 Å². The monoisotopic (exact) mass is 384 g/mol. The highest BCUT2D eigenvalue weighted by Crippen LogP contribution is 2.27. The second kappa shape index (κ2) is 10.7. The topological polar surface area (TPSA) is 102 Å². The molecule has 2 rings (SSSR count). The standard InChI is InChI=1S/C20H24N4O4/c1-14(23-24-20(26)16-5-4-9-21-13-16)11-19(25)22-10-8-15-6-7-17(27-2)18(12-15)28-3/h4-7,9,12-13H,8,10-11H2,1-3H3,(H,22,25)(H,24,26)/b23-14+. The van der Waals surface area contributed by atoms with Crippen LogP contribution in [0, 0.1) is 0 Å². The molecule has 0 unspecified atom stereocenters. The van der Waals surface area contributed by atoms with Crippen molar-refractivity contribution in [2.45, 2.75) is 19.8 Å². The molecule has 0 aliphatic carbocycles. The molecule has 28 heavy (non-hydrogen) atoms. The van der Waals surface area contributed by atoms with E-state index in [1.165, 1.54) is 6.20 Å². The Morgan fingerprint density at radius 3 is 2.61 bits per heavy atom. The van der Waals surface area contributed by atoms with Gasteiger partial charge in [-0.1, -0.05) is 6.07 Å². The minimum Gasteiger partial charge on any atom is -0.493 e. The number of hydrogen-bond acceptors (Lipinski definition) is 6. The van der Waals surface area contributed by atoms with Gasteiger partial charge in [-0.05, 0) is 43.2 Å². The van der Waals surface area contributed by atoms with Crippen molar-refractivity contribution in [3.05, 3.63) is 53.9 Å². The maximum atomic E-state index is 12.0. The second-order valence-corrected chi connectivity index (χ2v) is 6.00. The minimum atomic E-state index is -0.374. The molecule has 8 nitrogen and oxygen atoms in total. The fourth-order valence-corrected chi connectivity index (χ4v) is 2.42. The van der Waals surface area contributed by atoms with Gasteiger partial charge in [-0.3, -0.25) is 14.6 Å². The number of methoxy groups -OCH3 is 2. The van der Waals surface area contributed by atoms with Crippen LogP contribution in [-0.2, 0) is 11.2 Å². The molecule has 0 aliphatic heterocycles. The van der Waals surface area contributed by atoms with Gasteiger partial charge in [-0.2, -0.15) is 5.10 Å². The van der Waals surface area contributed by atoms with E-state index < -0.39 is 0 Å². The zero-order valence-electron chi connectivity index (χ0n) is 16.2. The second-order valence-electron chi connectivity index (χ2n) is 6.00. The van der Waals surface area contributed by atoms with Gasteiger partial charge in [0.15, 0.2) is 11.5 Å². The Hall–Kier alpha value is -3.42. The number of rotatable bonds is 9. The van der Waals surface area contributed by atoms with Gasteiger partial charge in [0.25, 0.3) is 5.91 Å². The maximum absolute atomic E-state index is 12.0.